The molecular weight excluding hydrogens is 194 g/mol. The number of hydrogen-bond donors (Lipinski definition) is 1. The molecule has 2 unspecified atom stereocenters. The highest BCUT2D eigenvalue weighted by Crippen LogP contribution is 2.24. The first-order chi connectivity index (χ1) is 7.24. The fraction of sp³-hybridized carbons (Fsp3) is 0.600. The third kappa shape index (κ3) is 1.34. The summed E-state index contributed by atoms with van der Waals surface area (Å²) in [5.74, 6) is 1.31. The van der Waals surface area contributed by atoms with Gasteiger partial charge in [0.25, 0.3) is 5.91 Å². The van der Waals surface area contributed by atoms with Gasteiger partial charge in [0.15, 0.2) is 5.69 Å². The lowest BCUT2D eigenvalue weighted by molar-refractivity contribution is 0.0779. The van der Waals surface area contributed by atoms with E-state index in [1.165, 1.54) is 0 Å². The Labute approximate surface area is 87.4 Å². The van der Waals surface area contributed by atoms with Crippen LogP contribution in [0.3, 0.4) is 0 Å². The maximum atomic E-state index is 12.0. The van der Waals surface area contributed by atoms with E-state index in [-0.39, 0.29) is 5.91 Å². The van der Waals surface area contributed by atoms with E-state index in [1.54, 1.807) is 13.0 Å². The number of nitrogens with zero attached hydrogens (tertiary/aromatic N) is 2. The van der Waals surface area contributed by atoms with Gasteiger partial charge >= 0.3 is 0 Å². The molecule has 5 heteroatoms. The number of likely N-dealkylation sites (tertiary alicyclic amines) is 1. The number of fused-ring (bicyclic) bond motifs is 1. The van der Waals surface area contributed by atoms with Gasteiger partial charge in [0.05, 0.1) is 0 Å². The molecule has 15 heavy (non-hydrogen) atoms. The SMILES string of the molecule is Cc1cc(C(=O)N2CC3CNC3C2)no1. The Morgan fingerprint density at radius 1 is 1.67 bits per heavy atom. The van der Waals surface area contributed by atoms with Crippen LogP contribution in [0, 0.1) is 12.8 Å². The van der Waals surface area contributed by atoms with Crippen LogP contribution < -0.4 is 5.32 Å². The summed E-state index contributed by atoms with van der Waals surface area (Å²) < 4.78 is 4.90. The lowest BCUT2D eigenvalue weighted by Crippen LogP contribution is -2.51. The number of aromatic nitrogens is 1. The van der Waals surface area contributed by atoms with Crippen molar-refractivity contribution in [1.29, 1.82) is 0 Å². The number of carbonyl (C=O) groups excluding carboxylic acids is 1. The average molecular weight is 207 g/mol. The minimum Gasteiger partial charge on any atom is -0.361 e. The van der Waals surface area contributed by atoms with E-state index in [0.29, 0.717) is 23.4 Å². The Bertz CT molecular complexity index is 389. The number of aryl methyl sites for hydroxylation is 1. The first kappa shape index (κ1) is 8.91. The molecule has 0 aromatic carbocycles. The van der Waals surface area contributed by atoms with Gasteiger partial charge in [-0.25, -0.2) is 0 Å². The Hall–Kier alpha value is -1.36. The molecule has 1 N–H and O–H groups in total. The quantitative estimate of drug-likeness (QED) is 0.705. The smallest absolute Gasteiger partial charge is 0.276 e. The van der Waals surface area contributed by atoms with E-state index in [0.717, 1.165) is 19.6 Å². The highest BCUT2D eigenvalue weighted by molar-refractivity contribution is 5.92. The van der Waals surface area contributed by atoms with E-state index in [4.69, 9.17) is 4.52 Å². The molecule has 1 amide bonds. The van der Waals surface area contributed by atoms with Gasteiger partial charge in [0.2, 0.25) is 0 Å². The topological polar surface area (TPSA) is 58.4 Å². The summed E-state index contributed by atoms with van der Waals surface area (Å²) in [4.78, 5) is 13.8. The normalized spacial score (nSPS) is 28.7. The van der Waals surface area contributed by atoms with Crippen LogP contribution in [0.5, 0.6) is 0 Å². The van der Waals surface area contributed by atoms with Gasteiger partial charge < -0.3 is 14.7 Å². The van der Waals surface area contributed by atoms with Crippen molar-refractivity contribution >= 4 is 5.91 Å². The molecule has 2 aliphatic rings. The van der Waals surface area contributed by atoms with Gasteiger partial charge in [0, 0.05) is 37.7 Å². The molecule has 0 aliphatic carbocycles. The third-order valence-corrected chi connectivity index (χ3v) is 3.22. The van der Waals surface area contributed by atoms with Crippen LogP contribution in [-0.4, -0.2) is 41.6 Å². The van der Waals surface area contributed by atoms with Crippen molar-refractivity contribution in [1.82, 2.24) is 15.4 Å². The van der Waals surface area contributed by atoms with E-state index < -0.39 is 0 Å². The van der Waals surface area contributed by atoms with Crippen molar-refractivity contribution in [2.24, 2.45) is 5.92 Å². The van der Waals surface area contributed by atoms with Gasteiger partial charge in [-0.15, -0.1) is 0 Å². The van der Waals surface area contributed by atoms with Gasteiger partial charge in [-0.2, -0.15) is 0 Å². The molecule has 0 bridgehead atoms. The molecule has 2 aliphatic heterocycles. The third-order valence-electron chi connectivity index (χ3n) is 3.22. The van der Waals surface area contributed by atoms with Gasteiger partial charge in [-0.05, 0) is 6.92 Å². The molecule has 2 atom stereocenters. The van der Waals surface area contributed by atoms with E-state index in [9.17, 15) is 4.79 Å². The molecule has 2 saturated heterocycles. The van der Waals surface area contributed by atoms with Crippen molar-refractivity contribution in [2.75, 3.05) is 19.6 Å². The predicted molar refractivity (Wildman–Crippen MR) is 52.4 cm³/mol. The molecule has 5 nitrogen and oxygen atoms in total. The minimum atomic E-state index is -0.0111. The number of carbonyl (C=O) groups is 1. The molecule has 3 rings (SSSR count). The van der Waals surface area contributed by atoms with Gasteiger partial charge in [-0.3, -0.25) is 4.79 Å². The summed E-state index contributed by atoms with van der Waals surface area (Å²) in [6.07, 6.45) is 0. The standard InChI is InChI=1S/C10H13N3O2/c1-6-2-8(12-15-6)10(14)13-4-7-3-11-9(7)5-13/h2,7,9,11H,3-5H2,1H3. The van der Waals surface area contributed by atoms with Crippen LogP contribution in [0.25, 0.3) is 0 Å². The Morgan fingerprint density at radius 2 is 2.53 bits per heavy atom. The molecule has 2 fully saturated rings. The summed E-state index contributed by atoms with van der Waals surface area (Å²) in [5.41, 5.74) is 0.425. The summed E-state index contributed by atoms with van der Waals surface area (Å²) in [6.45, 7) is 4.48. The van der Waals surface area contributed by atoms with Crippen molar-refractivity contribution in [2.45, 2.75) is 13.0 Å². The summed E-state index contributed by atoms with van der Waals surface area (Å²) in [7, 11) is 0. The van der Waals surface area contributed by atoms with Crippen LogP contribution in [0.15, 0.2) is 10.6 Å². The highest BCUT2D eigenvalue weighted by Gasteiger charge is 2.41. The molecular formula is C10H13N3O2. The maximum absolute atomic E-state index is 12.0. The van der Waals surface area contributed by atoms with Crippen LogP contribution >= 0.6 is 0 Å². The van der Waals surface area contributed by atoms with Gasteiger partial charge in [0.1, 0.15) is 5.76 Å². The maximum Gasteiger partial charge on any atom is 0.276 e. The average Bonchev–Trinajstić information content (AvgIpc) is 2.72. The van der Waals surface area contributed by atoms with Crippen molar-refractivity contribution in [3.05, 3.63) is 17.5 Å². The van der Waals surface area contributed by atoms with E-state index in [2.05, 4.69) is 10.5 Å². The minimum absolute atomic E-state index is 0.0111. The van der Waals surface area contributed by atoms with E-state index >= 15 is 0 Å². The molecule has 0 spiro atoms. The van der Waals surface area contributed by atoms with Crippen LogP contribution in [0.2, 0.25) is 0 Å². The Balaban J connectivity index is 1.75. The monoisotopic (exact) mass is 207 g/mol. The van der Waals surface area contributed by atoms with Crippen molar-refractivity contribution < 1.29 is 9.32 Å². The number of hydrogen-bond acceptors (Lipinski definition) is 4. The lowest BCUT2D eigenvalue weighted by Gasteiger charge is -2.29. The Kier molecular flexibility index (Phi) is 1.82. The first-order valence-electron chi connectivity index (χ1n) is 5.20. The molecule has 3 heterocycles. The molecule has 1 aromatic heterocycles. The zero-order chi connectivity index (χ0) is 10.4. The first-order valence-corrected chi connectivity index (χ1v) is 5.20. The van der Waals surface area contributed by atoms with Crippen LogP contribution in [-0.2, 0) is 0 Å². The molecule has 1 aromatic rings. The molecule has 0 saturated carbocycles. The second kappa shape index (κ2) is 3.06. The second-order valence-electron chi connectivity index (χ2n) is 4.31. The second-order valence-corrected chi connectivity index (χ2v) is 4.31. The predicted octanol–water partition coefficient (Wildman–Crippen LogP) is 0.0268. The van der Waals surface area contributed by atoms with Crippen LogP contribution in [0.4, 0.5) is 0 Å². The largest absolute Gasteiger partial charge is 0.361 e. The fourth-order valence-electron chi connectivity index (χ4n) is 2.25. The van der Waals surface area contributed by atoms with E-state index in [1.807, 2.05) is 4.90 Å². The summed E-state index contributed by atoms with van der Waals surface area (Å²) in [6, 6.07) is 2.19. The van der Waals surface area contributed by atoms with Crippen LogP contribution in [0.1, 0.15) is 16.2 Å². The molecule has 0 radical (unpaired) electrons. The zero-order valence-electron chi connectivity index (χ0n) is 8.56. The molecule has 80 valence electrons. The number of nitrogens with one attached hydrogen (secondary N) is 1. The summed E-state index contributed by atoms with van der Waals surface area (Å²) in [5, 5.41) is 7.06. The lowest BCUT2D eigenvalue weighted by atomic mass is 9.96. The zero-order valence-corrected chi connectivity index (χ0v) is 8.56. The summed E-state index contributed by atoms with van der Waals surface area (Å²) >= 11 is 0. The number of amides is 1. The van der Waals surface area contributed by atoms with Crippen molar-refractivity contribution in [3.63, 3.8) is 0 Å². The van der Waals surface area contributed by atoms with Crippen molar-refractivity contribution in [3.8, 4) is 0 Å². The highest BCUT2D eigenvalue weighted by atomic mass is 16.5. The number of rotatable bonds is 1. The Morgan fingerprint density at radius 3 is 3.00 bits per heavy atom. The fourth-order valence-corrected chi connectivity index (χ4v) is 2.25. The van der Waals surface area contributed by atoms with Gasteiger partial charge in [-0.1, -0.05) is 5.16 Å².